The van der Waals surface area contributed by atoms with E-state index in [1.54, 1.807) is 12.1 Å². The molecular weight excluding hydrogens is 288 g/mol. The van der Waals surface area contributed by atoms with Crippen LogP contribution in [0, 0.1) is 0 Å². The molecule has 0 bridgehead atoms. The lowest BCUT2D eigenvalue weighted by molar-refractivity contribution is 0.475. The summed E-state index contributed by atoms with van der Waals surface area (Å²) in [5, 5.41) is 9.49. The lowest BCUT2D eigenvalue weighted by Crippen LogP contribution is -2.26. The molecule has 7 heteroatoms. The number of rotatable bonds is 3. The number of phenols is 1. The van der Waals surface area contributed by atoms with Gasteiger partial charge in [0.1, 0.15) is 10.9 Å². The van der Waals surface area contributed by atoms with Crippen molar-refractivity contribution in [3.63, 3.8) is 0 Å². The summed E-state index contributed by atoms with van der Waals surface area (Å²) in [6, 6.07) is 8.61. The number of sulfonamides is 1. The first-order chi connectivity index (χ1) is 8.91. The van der Waals surface area contributed by atoms with Crippen molar-refractivity contribution in [2.45, 2.75) is 4.90 Å². The summed E-state index contributed by atoms with van der Waals surface area (Å²) in [5.41, 5.74) is 0.355. The Morgan fingerprint density at radius 2 is 2.00 bits per heavy atom. The monoisotopic (exact) mass is 298 g/mol. The molecule has 0 fully saturated rings. The summed E-state index contributed by atoms with van der Waals surface area (Å²) in [5.74, 6) is -0.00712. The van der Waals surface area contributed by atoms with Crippen molar-refractivity contribution in [3.8, 4) is 5.75 Å². The normalized spacial score (nSPS) is 11.3. The smallest absolute Gasteiger partial charge is 0.264 e. The first kappa shape index (κ1) is 13.6. The van der Waals surface area contributed by atoms with E-state index in [-0.39, 0.29) is 15.8 Å². The second-order valence-corrected chi connectivity index (χ2v) is 6.16. The van der Waals surface area contributed by atoms with Gasteiger partial charge in [0, 0.05) is 19.3 Å². The van der Waals surface area contributed by atoms with Gasteiger partial charge in [0.15, 0.2) is 0 Å². The molecule has 0 spiro atoms. The Hall–Kier alpha value is -1.79. The van der Waals surface area contributed by atoms with Gasteiger partial charge in [-0.25, -0.2) is 13.4 Å². The standard InChI is InChI=1S/C12H11ClN2O3S/c1-15(9-3-2-4-10(16)7-9)19(17,18)11-5-6-14-12(13)8-11/h2-8,16H,1H3. The van der Waals surface area contributed by atoms with Gasteiger partial charge in [-0.05, 0) is 24.3 Å². The molecule has 1 N–H and O–H groups in total. The van der Waals surface area contributed by atoms with E-state index in [1.165, 1.54) is 37.5 Å². The van der Waals surface area contributed by atoms with Crippen molar-refractivity contribution in [1.82, 2.24) is 4.98 Å². The van der Waals surface area contributed by atoms with Gasteiger partial charge in [0.25, 0.3) is 10.0 Å². The zero-order valence-corrected chi connectivity index (χ0v) is 11.6. The van der Waals surface area contributed by atoms with Crippen LogP contribution in [-0.4, -0.2) is 25.6 Å². The SMILES string of the molecule is CN(c1cccc(O)c1)S(=O)(=O)c1ccnc(Cl)c1. The Labute approximate surface area is 116 Å². The summed E-state index contributed by atoms with van der Waals surface area (Å²) < 4.78 is 25.8. The summed E-state index contributed by atoms with van der Waals surface area (Å²) in [6.45, 7) is 0. The first-order valence-corrected chi connectivity index (χ1v) is 7.12. The highest BCUT2D eigenvalue weighted by Gasteiger charge is 2.21. The van der Waals surface area contributed by atoms with Crippen molar-refractivity contribution in [3.05, 3.63) is 47.7 Å². The predicted molar refractivity (Wildman–Crippen MR) is 72.9 cm³/mol. The molecule has 19 heavy (non-hydrogen) atoms. The minimum Gasteiger partial charge on any atom is -0.508 e. The summed E-state index contributed by atoms with van der Waals surface area (Å²) in [6.07, 6.45) is 1.32. The van der Waals surface area contributed by atoms with E-state index >= 15 is 0 Å². The fraction of sp³-hybridized carbons (Fsp3) is 0.0833. The summed E-state index contributed by atoms with van der Waals surface area (Å²) >= 11 is 5.69. The maximum Gasteiger partial charge on any atom is 0.264 e. The van der Waals surface area contributed by atoms with Crippen LogP contribution in [0.1, 0.15) is 0 Å². The molecule has 1 heterocycles. The minimum absolute atomic E-state index is 0.00712. The van der Waals surface area contributed by atoms with Gasteiger partial charge in [0.2, 0.25) is 0 Å². The Balaban J connectivity index is 2.45. The van der Waals surface area contributed by atoms with E-state index in [9.17, 15) is 13.5 Å². The summed E-state index contributed by atoms with van der Waals surface area (Å²) in [4.78, 5) is 3.78. The molecule has 5 nitrogen and oxygen atoms in total. The average Bonchev–Trinajstić information content (AvgIpc) is 2.38. The number of pyridine rings is 1. The van der Waals surface area contributed by atoms with E-state index in [0.717, 1.165) is 4.31 Å². The highest BCUT2D eigenvalue weighted by molar-refractivity contribution is 7.92. The molecular formula is C12H11ClN2O3S. The van der Waals surface area contributed by atoms with Crippen molar-refractivity contribution in [2.75, 3.05) is 11.4 Å². The van der Waals surface area contributed by atoms with Gasteiger partial charge in [-0.1, -0.05) is 17.7 Å². The Kier molecular flexibility index (Phi) is 3.64. The number of nitrogens with zero attached hydrogens (tertiary/aromatic N) is 2. The van der Waals surface area contributed by atoms with Gasteiger partial charge in [-0.15, -0.1) is 0 Å². The number of aromatic nitrogens is 1. The van der Waals surface area contributed by atoms with Gasteiger partial charge in [-0.2, -0.15) is 0 Å². The zero-order chi connectivity index (χ0) is 14.0. The molecule has 0 saturated heterocycles. The average molecular weight is 299 g/mol. The van der Waals surface area contributed by atoms with Crippen molar-refractivity contribution < 1.29 is 13.5 Å². The Morgan fingerprint density at radius 1 is 1.26 bits per heavy atom. The lowest BCUT2D eigenvalue weighted by Gasteiger charge is -2.19. The van der Waals surface area contributed by atoms with Gasteiger partial charge >= 0.3 is 0 Å². The molecule has 100 valence electrons. The number of aromatic hydroxyl groups is 1. The topological polar surface area (TPSA) is 70.5 Å². The molecule has 1 aromatic heterocycles. The quantitative estimate of drug-likeness (QED) is 0.883. The number of halogens is 1. The van der Waals surface area contributed by atoms with E-state index < -0.39 is 10.0 Å². The maximum atomic E-state index is 12.4. The lowest BCUT2D eigenvalue weighted by atomic mass is 10.3. The largest absolute Gasteiger partial charge is 0.508 e. The van der Waals surface area contributed by atoms with Crippen molar-refractivity contribution >= 4 is 27.3 Å². The van der Waals surface area contributed by atoms with Crippen LogP contribution >= 0.6 is 11.6 Å². The predicted octanol–water partition coefficient (Wildman–Crippen LogP) is 2.27. The minimum atomic E-state index is -3.73. The molecule has 0 atom stereocenters. The molecule has 2 aromatic rings. The number of benzene rings is 1. The highest BCUT2D eigenvalue weighted by atomic mass is 35.5. The molecule has 2 rings (SSSR count). The molecule has 0 aliphatic rings. The van der Waals surface area contributed by atoms with Crippen molar-refractivity contribution in [2.24, 2.45) is 0 Å². The third kappa shape index (κ3) is 2.80. The first-order valence-electron chi connectivity index (χ1n) is 5.31. The Morgan fingerprint density at radius 3 is 2.63 bits per heavy atom. The fourth-order valence-corrected chi connectivity index (χ4v) is 2.97. The van der Waals surface area contributed by atoms with Crippen LogP contribution in [0.4, 0.5) is 5.69 Å². The van der Waals surface area contributed by atoms with Gasteiger partial charge < -0.3 is 5.11 Å². The van der Waals surface area contributed by atoms with Crippen molar-refractivity contribution in [1.29, 1.82) is 0 Å². The molecule has 0 amide bonds. The van der Waals surface area contributed by atoms with Crippen LogP contribution in [0.25, 0.3) is 0 Å². The van der Waals surface area contributed by atoms with Crippen LogP contribution in [0.2, 0.25) is 5.15 Å². The van der Waals surface area contributed by atoms with Crippen LogP contribution in [0.3, 0.4) is 0 Å². The van der Waals surface area contributed by atoms with E-state index in [4.69, 9.17) is 11.6 Å². The second-order valence-electron chi connectivity index (χ2n) is 3.81. The van der Waals surface area contributed by atoms with Gasteiger partial charge in [0.05, 0.1) is 10.6 Å². The third-order valence-corrected chi connectivity index (χ3v) is 4.54. The van der Waals surface area contributed by atoms with Crippen LogP contribution in [0.5, 0.6) is 5.75 Å². The van der Waals surface area contributed by atoms with Crippen LogP contribution in [0.15, 0.2) is 47.5 Å². The molecule has 0 saturated carbocycles. The van der Waals surface area contributed by atoms with Crippen LogP contribution in [-0.2, 0) is 10.0 Å². The molecule has 0 aliphatic heterocycles. The fourth-order valence-electron chi connectivity index (χ4n) is 1.53. The van der Waals surface area contributed by atoms with Gasteiger partial charge in [-0.3, -0.25) is 4.31 Å². The molecule has 0 radical (unpaired) electrons. The van der Waals surface area contributed by atoms with E-state index in [2.05, 4.69) is 4.98 Å². The number of hydrogen-bond donors (Lipinski definition) is 1. The number of anilines is 1. The molecule has 1 aromatic carbocycles. The third-order valence-electron chi connectivity index (χ3n) is 2.55. The van der Waals surface area contributed by atoms with Crippen LogP contribution < -0.4 is 4.31 Å². The molecule has 0 aliphatic carbocycles. The van der Waals surface area contributed by atoms with E-state index in [0.29, 0.717) is 5.69 Å². The summed E-state index contributed by atoms with van der Waals surface area (Å²) in [7, 11) is -2.33. The Bertz CT molecular complexity index is 704. The second kappa shape index (κ2) is 5.07. The highest BCUT2D eigenvalue weighted by Crippen LogP contribution is 2.25. The zero-order valence-electron chi connectivity index (χ0n) is 9.99. The number of hydrogen-bond acceptors (Lipinski definition) is 4. The molecule has 0 unspecified atom stereocenters. The maximum absolute atomic E-state index is 12.4. The van der Waals surface area contributed by atoms with E-state index in [1.807, 2.05) is 0 Å². The number of phenolic OH excluding ortho intramolecular Hbond substituents is 1.